The minimum Gasteiger partial charge on any atom is -0.423 e. The predicted molar refractivity (Wildman–Crippen MR) is 130 cm³/mol. The van der Waals surface area contributed by atoms with E-state index in [1.807, 2.05) is 31.2 Å². The third kappa shape index (κ3) is 4.17. The van der Waals surface area contributed by atoms with Gasteiger partial charge in [0, 0.05) is 26.6 Å². The van der Waals surface area contributed by atoms with Gasteiger partial charge in [-0.1, -0.05) is 37.4 Å². The molecular formula is C27H21FO4S. The van der Waals surface area contributed by atoms with Crippen LogP contribution >= 0.6 is 11.3 Å². The van der Waals surface area contributed by atoms with Crippen molar-refractivity contribution in [3.05, 3.63) is 84.2 Å². The Kier molecular flexibility index (Phi) is 5.87. The van der Waals surface area contributed by atoms with Crippen molar-refractivity contribution in [2.75, 3.05) is 0 Å². The molecule has 0 radical (unpaired) electrons. The molecule has 4 nitrogen and oxygen atoms in total. The van der Waals surface area contributed by atoms with Crippen LogP contribution in [0.1, 0.15) is 19.4 Å². The van der Waals surface area contributed by atoms with Gasteiger partial charge in [-0.05, 0) is 61.7 Å². The van der Waals surface area contributed by atoms with Gasteiger partial charge in [0.05, 0.1) is 4.70 Å². The van der Waals surface area contributed by atoms with E-state index in [1.165, 1.54) is 24.3 Å². The van der Waals surface area contributed by atoms with E-state index in [9.17, 15) is 9.59 Å². The van der Waals surface area contributed by atoms with Gasteiger partial charge in [-0.15, -0.1) is 11.3 Å². The molecule has 0 amide bonds. The number of rotatable bonds is 5. The number of carbonyl (C=O) groups excluding carboxylic acids is 2. The smallest absolute Gasteiger partial charge is 0.338 e. The summed E-state index contributed by atoms with van der Waals surface area (Å²) in [6.07, 6.45) is 0. The Morgan fingerprint density at radius 2 is 1.39 bits per heavy atom. The standard InChI is InChI=1S/C27H21FO4S/c1-14(2)26(29)31-18-8-6-17(7-9-18)19-10-11-20-21-12-13-22(32-27(30)15(3)4)23(28)25(21)33-24(20)16(19)5/h6-13H,1,3H2,2,4-5H3. The Labute approximate surface area is 194 Å². The number of ether oxygens (including phenoxy) is 2. The monoisotopic (exact) mass is 460 g/mol. The third-order valence-electron chi connectivity index (χ3n) is 5.24. The van der Waals surface area contributed by atoms with Crippen molar-refractivity contribution in [2.45, 2.75) is 20.8 Å². The van der Waals surface area contributed by atoms with E-state index in [4.69, 9.17) is 9.47 Å². The van der Waals surface area contributed by atoms with Gasteiger partial charge in [0.15, 0.2) is 11.6 Å². The molecule has 1 aromatic heterocycles. The second-order valence-corrected chi connectivity index (χ2v) is 8.86. The van der Waals surface area contributed by atoms with Gasteiger partial charge in [-0.25, -0.2) is 14.0 Å². The topological polar surface area (TPSA) is 52.6 Å². The average molecular weight is 461 g/mol. The quantitative estimate of drug-likeness (QED) is 0.181. The molecule has 33 heavy (non-hydrogen) atoms. The number of thiophene rings is 1. The molecule has 0 spiro atoms. The van der Waals surface area contributed by atoms with Gasteiger partial charge in [-0.2, -0.15) is 0 Å². The first-order chi connectivity index (χ1) is 15.7. The Morgan fingerprint density at radius 3 is 2.03 bits per heavy atom. The Hall–Kier alpha value is -3.77. The van der Waals surface area contributed by atoms with Gasteiger partial charge >= 0.3 is 11.9 Å². The number of benzene rings is 3. The van der Waals surface area contributed by atoms with Gasteiger partial charge in [-0.3, -0.25) is 0 Å². The number of hydrogen-bond acceptors (Lipinski definition) is 5. The molecule has 0 atom stereocenters. The van der Waals surface area contributed by atoms with Crippen molar-refractivity contribution in [2.24, 2.45) is 0 Å². The highest BCUT2D eigenvalue weighted by Crippen LogP contribution is 2.42. The van der Waals surface area contributed by atoms with Gasteiger partial charge in [0.2, 0.25) is 0 Å². The van der Waals surface area contributed by atoms with E-state index in [-0.39, 0.29) is 11.3 Å². The molecule has 4 rings (SSSR count). The van der Waals surface area contributed by atoms with Crippen LogP contribution in [-0.4, -0.2) is 11.9 Å². The number of aryl methyl sites for hydroxylation is 1. The first-order valence-corrected chi connectivity index (χ1v) is 11.0. The van der Waals surface area contributed by atoms with Crippen LogP contribution in [0, 0.1) is 12.7 Å². The first kappa shape index (κ1) is 22.4. The van der Waals surface area contributed by atoms with Crippen molar-refractivity contribution in [1.82, 2.24) is 0 Å². The van der Waals surface area contributed by atoms with Crippen molar-refractivity contribution in [1.29, 1.82) is 0 Å². The summed E-state index contributed by atoms with van der Waals surface area (Å²) in [4.78, 5) is 23.5. The molecule has 0 fully saturated rings. The fourth-order valence-corrected chi connectivity index (χ4v) is 4.70. The molecule has 6 heteroatoms. The van der Waals surface area contributed by atoms with Gasteiger partial charge < -0.3 is 9.47 Å². The van der Waals surface area contributed by atoms with Crippen molar-refractivity contribution < 1.29 is 23.5 Å². The number of carbonyl (C=O) groups is 2. The fraction of sp³-hybridized carbons (Fsp3) is 0.111. The molecule has 0 saturated carbocycles. The van der Waals surface area contributed by atoms with Gasteiger partial charge in [0.1, 0.15) is 5.75 Å². The lowest BCUT2D eigenvalue weighted by Gasteiger charge is -2.09. The lowest BCUT2D eigenvalue weighted by atomic mass is 9.98. The summed E-state index contributed by atoms with van der Waals surface area (Å²) >= 11 is 1.32. The minimum atomic E-state index is -0.662. The minimum absolute atomic E-state index is 0.111. The molecule has 0 aliphatic heterocycles. The molecule has 166 valence electrons. The summed E-state index contributed by atoms with van der Waals surface area (Å²) in [6.45, 7) is 12.2. The van der Waals surface area contributed by atoms with E-state index < -0.39 is 17.8 Å². The second kappa shape index (κ2) is 8.64. The molecule has 0 saturated heterocycles. The molecule has 0 bridgehead atoms. The Balaban J connectivity index is 1.74. The van der Waals surface area contributed by atoms with Crippen molar-refractivity contribution >= 4 is 43.4 Å². The maximum absolute atomic E-state index is 15.1. The first-order valence-electron chi connectivity index (χ1n) is 10.2. The SMILES string of the molecule is C=C(C)C(=O)Oc1ccc(-c2ccc3c(sc4c(F)c(OC(=O)C(=C)C)ccc43)c2C)cc1. The molecule has 1 heterocycles. The highest BCUT2D eigenvalue weighted by molar-refractivity contribution is 7.26. The van der Waals surface area contributed by atoms with Crippen LogP contribution in [0.2, 0.25) is 0 Å². The van der Waals surface area contributed by atoms with Crippen LogP contribution in [0.5, 0.6) is 11.5 Å². The predicted octanol–water partition coefficient (Wildman–Crippen LogP) is 7.13. The summed E-state index contributed by atoms with van der Waals surface area (Å²) in [5.41, 5.74) is 3.46. The summed E-state index contributed by atoms with van der Waals surface area (Å²) in [5.74, 6) is -1.37. The highest BCUT2D eigenvalue weighted by atomic mass is 32.1. The maximum Gasteiger partial charge on any atom is 0.338 e. The van der Waals surface area contributed by atoms with Crippen molar-refractivity contribution in [3.63, 3.8) is 0 Å². The average Bonchev–Trinajstić information content (AvgIpc) is 3.17. The summed E-state index contributed by atoms with van der Waals surface area (Å²) in [5, 5.41) is 1.69. The summed E-state index contributed by atoms with van der Waals surface area (Å²) in [7, 11) is 0. The normalized spacial score (nSPS) is 10.9. The third-order valence-corrected chi connectivity index (χ3v) is 6.57. The number of esters is 2. The summed E-state index contributed by atoms with van der Waals surface area (Å²) < 4.78 is 26.9. The summed E-state index contributed by atoms with van der Waals surface area (Å²) in [6, 6.07) is 14.4. The lowest BCUT2D eigenvalue weighted by Crippen LogP contribution is -2.09. The van der Waals surface area contributed by atoms with E-state index in [2.05, 4.69) is 13.2 Å². The van der Waals surface area contributed by atoms with Crippen LogP contribution in [0.4, 0.5) is 4.39 Å². The Bertz CT molecular complexity index is 1460. The number of halogens is 1. The van der Waals surface area contributed by atoms with E-state index in [0.717, 1.165) is 32.2 Å². The van der Waals surface area contributed by atoms with Crippen molar-refractivity contribution in [3.8, 4) is 22.6 Å². The van der Waals surface area contributed by atoms with Crippen LogP contribution in [0.3, 0.4) is 0 Å². The zero-order valence-corrected chi connectivity index (χ0v) is 19.3. The largest absolute Gasteiger partial charge is 0.423 e. The maximum atomic E-state index is 15.1. The molecule has 0 N–H and O–H groups in total. The molecule has 4 aromatic rings. The molecule has 3 aromatic carbocycles. The molecule has 0 unspecified atom stereocenters. The van der Waals surface area contributed by atoms with E-state index in [1.54, 1.807) is 25.1 Å². The molecular weight excluding hydrogens is 439 g/mol. The molecule has 0 aliphatic rings. The van der Waals surface area contributed by atoms with Crippen LogP contribution < -0.4 is 9.47 Å². The number of fused-ring (bicyclic) bond motifs is 3. The van der Waals surface area contributed by atoms with E-state index >= 15 is 4.39 Å². The lowest BCUT2D eigenvalue weighted by molar-refractivity contribution is -0.131. The Morgan fingerprint density at radius 1 is 0.818 bits per heavy atom. The second-order valence-electron chi connectivity index (χ2n) is 7.84. The zero-order valence-electron chi connectivity index (χ0n) is 18.5. The van der Waals surface area contributed by atoms with Crippen LogP contribution in [-0.2, 0) is 9.59 Å². The van der Waals surface area contributed by atoms with Crippen LogP contribution in [0.15, 0.2) is 72.8 Å². The van der Waals surface area contributed by atoms with Gasteiger partial charge in [0.25, 0.3) is 0 Å². The van der Waals surface area contributed by atoms with Crippen LogP contribution in [0.25, 0.3) is 31.3 Å². The molecule has 0 aliphatic carbocycles. The zero-order chi connectivity index (χ0) is 23.9. The van der Waals surface area contributed by atoms with E-state index in [0.29, 0.717) is 16.0 Å². The highest BCUT2D eigenvalue weighted by Gasteiger charge is 2.18. The fourth-order valence-electron chi connectivity index (χ4n) is 3.46. The number of hydrogen-bond donors (Lipinski definition) is 0.